The maximum absolute atomic E-state index is 10.5. The lowest BCUT2D eigenvalue weighted by molar-refractivity contribution is 0.220. The smallest absolute Gasteiger partial charge is 0.248 e. The largest absolute Gasteiger partial charge is 0.437 e. The van der Waals surface area contributed by atoms with E-state index in [1.54, 1.807) is 0 Å². The molecule has 0 spiro atoms. The van der Waals surface area contributed by atoms with Gasteiger partial charge in [0.25, 0.3) is 0 Å². The van der Waals surface area contributed by atoms with Crippen molar-refractivity contribution in [3.63, 3.8) is 0 Å². The number of anilines is 2. The Labute approximate surface area is 164 Å². The Morgan fingerprint density at radius 3 is 2.29 bits per heavy atom. The van der Waals surface area contributed by atoms with Crippen molar-refractivity contribution in [2.45, 2.75) is 25.4 Å². The van der Waals surface area contributed by atoms with Gasteiger partial charge in [-0.1, -0.05) is 42.5 Å². The van der Waals surface area contributed by atoms with Crippen molar-refractivity contribution in [3.8, 4) is 11.6 Å². The Hall–Kier alpha value is -3.12. The normalized spacial score (nSPS) is 15.2. The molecule has 1 aliphatic rings. The van der Waals surface area contributed by atoms with Gasteiger partial charge in [0.2, 0.25) is 5.88 Å². The molecule has 1 saturated heterocycles. The van der Waals surface area contributed by atoms with Gasteiger partial charge in [-0.05, 0) is 42.5 Å². The van der Waals surface area contributed by atoms with E-state index in [-0.39, 0.29) is 0 Å². The average Bonchev–Trinajstić information content (AvgIpc) is 2.76. The lowest BCUT2D eigenvalue weighted by Crippen LogP contribution is -2.31. The summed E-state index contributed by atoms with van der Waals surface area (Å²) < 4.78 is 5.90. The number of ether oxygens (including phenoxy) is 1. The molecule has 1 aromatic heterocycles. The van der Waals surface area contributed by atoms with Gasteiger partial charge < -0.3 is 20.5 Å². The van der Waals surface area contributed by atoms with Crippen molar-refractivity contribution in [1.82, 2.24) is 9.97 Å². The van der Waals surface area contributed by atoms with Gasteiger partial charge in [0.1, 0.15) is 23.9 Å². The number of nitrogen functional groups attached to an aromatic ring is 1. The Bertz CT molecular complexity index is 910. The number of piperidine rings is 1. The minimum absolute atomic E-state index is 0.354. The zero-order valence-corrected chi connectivity index (χ0v) is 15.7. The van der Waals surface area contributed by atoms with Crippen LogP contribution in [-0.4, -0.2) is 28.2 Å². The summed E-state index contributed by atoms with van der Waals surface area (Å²) in [6, 6.07) is 16.9. The third kappa shape index (κ3) is 3.92. The maximum Gasteiger partial charge on any atom is 0.248 e. The van der Waals surface area contributed by atoms with Gasteiger partial charge in [-0.15, -0.1) is 0 Å². The highest BCUT2D eigenvalue weighted by Gasteiger charge is 2.18. The van der Waals surface area contributed by atoms with Crippen LogP contribution in [0.3, 0.4) is 0 Å². The van der Waals surface area contributed by atoms with Crippen LogP contribution in [0, 0.1) is 0 Å². The second kappa shape index (κ2) is 8.27. The summed E-state index contributed by atoms with van der Waals surface area (Å²) in [5, 5.41) is 10.5. The molecule has 1 fully saturated rings. The number of aromatic nitrogens is 2. The third-order valence-electron chi connectivity index (χ3n) is 5.01. The van der Waals surface area contributed by atoms with Crippen LogP contribution in [-0.2, 0) is 0 Å². The van der Waals surface area contributed by atoms with E-state index in [1.807, 2.05) is 54.6 Å². The van der Waals surface area contributed by atoms with Crippen molar-refractivity contribution >= 4 is 11.5 Å². The molecule has 3 aromatic rings. The number of rotatable bonds is 5. The number of benzene rings is 2. The second-order valence-electron chi connectivity index (χ2n) is 6.95. The number of nitrogens with zero attached hydrogens (tertiary/aromatic N) is 3. The molecule has 4 rings (SSSR count). The van der Waals surface area contributed by atoms with Crippen LogP contribution in [0.2, 0.25) is 0 Å². The van der Waals surface area contributed by atoms with E-state index in [1.165, 1.54) is 12.7 Å². The first-order chi connectivity index (χ1) is 13.7. The molecule has 6 nitrogen and oxygen atoms in total. The van der Waals surface area contributed by atoms with Gasteiger partial charge in [-0.2, -0.15) is 4.98 Å². The summed E-state index contributed by atoms with van der Waals surface area (Å²) in [6.07, 6.45) is 4.34. The van der Waals surface area contributed by atoms with Crippen molar-refractivity contribution < 1.29 is 9.84 Å². The number of hydrogen-bond donors (Lipinski definition) is 2. The zero-order chi connectivity index (χ0) is 19.3. The molecule has 1 atom stereocenters. The fraction of sp³-hybridized carbons (Fsp3) is 0.273. The van der Waals surface area contributed by atoms with Crippen LogP contribution in [0.5, 0.6) is 11.6 Å². The highest BCUT2D eigenvalue weighted by molar-refractivity contribution is 5.68. The Morgan fingerprint density at radius 2 is 1.57 bits per heavy atom. The highest BCUT2D eigenvalue weighted by Crippen LogP contribution is 2.33. The zero-order valence-electron chi connectivity index (χ0n) is 15.7. The molecule has 28 heavy (non-hydrogen) atoms. The van der Waals surface area contributed by atoms with E-state index in [0.717, 1.165) is 42.9 Å². The highest BCUT2D eigenvalue weighted by atomic mass is 16.5. The van der Waals surface area contributed by atoms with Crippen LogP contribution in [0.4, 0.5) is 11.5 Å². The van der Waals surface area contributed by atoms with Crippen molar-refractivity contribution in [3.05, 3.63) is 72.1 Å². The molecular weight excluding hydrogens is 352 g/mol. The quantitative estimate of drug-likeness (QED) is 0.702. The third-order valence-corrected chi connectivity index (χ3v) is 5.01. The lowest BCUT2D eigenvalue weighted by atomic mass is 10.0. The predicted molar refractivity (Wildman–Crippen MR) is 110 cm³/mol. The molecule has 0 radical (unpaired) electrons. The number of hydrogen-bond acceptors (Lipinski definition) is 6. The molecule has 0 aliphatic carbocycles. The second-order valence-corrected chi connectivity index (χ2v) is 6.95. The molecule has 0 amide bonds. The monoisotopic (exact) mass is 376 g/mol. The van der Waals surface area contributed by atoms with E-state index in [9.17, 15) is 5.11 Å². The molecule has 144 valence electrons. The Morgan fingerprint density at radius 1 is 0.893 bits per heavy atom. The molecule has 0 bridgehead atoms. The first kappa shape index (κ1) is 18.3. The van der Waals surface area contributed by atoms with Crippen molar-refractivity contribution in [2.75, 3.05) is 23.7 Å². The van der Waals surface area contributed by atoms with E-state index < -0.39 is 6.10 Å². The first-order valence-electron chi connectivity index (χ1n) is 9.58. The summed E-state index contributed by atoms with van der Waals surface area (Å²) >= 11 is 0. The summed E-state index contributed by atoms with van der Waals surface area (Å²) in [7, 11) is 0. The number of aliphatic hydroxyl groups is 1. The van der Waals surface area contributed by atoms with Crippen LogP contribution in [0.15, 0.2) is 60.9 Å². The van der Waals surface area contributed by atoms with Gasteiger partial charge in [0.15, 0.2) is 5.82 Å². The SMILES string of the molecule is Nc1c(Oc2ccc(C(O)c3ccccc3)cc2)ncnc1N1CCCCC1. The van der Waals surface area contributed by atoms with E-state index >= 15 is 0 Å². The summed E-state index contributed by atoms with van der Waals surface area (Å²) in [5.74, 6) is 1.70. The molecule has 3 N–H and O–H groups in total. The summed E-state index contributed by atoms with van der Waals surface area (Å²) in [4.78, 5) is 10.7. The number of nitrogens with two attached hydrogens (primary N) is 1. The summed E-state index contributed by atoms with van der Waals surface area (Å²) in [5.41, 5.74) is 8.38. The van der Waals surface area contributed by atoms with E-state index in [4.69, 9.17) is 10.5 Å². The van der Waals surface area contributed by atoms with Crippen LogP contribution in [0.1, 0.15) is 36.5 Å². The molecular formula is C22H24N4O2. The predicted octanol–water partition coefficient (Wildman–Crippen LogP) is 3.92. The minimum atomic E-state index is -0.676. The maximum atomic E-state index is 10.5. The lowest BCUT2D eigenvalue weighted by Gasteiger charge is -2.28. The van der Waals surface area contributed by atoms with E-state index in [0.29, 0.717) is 17.3 Å². The molecule has 2 aromatic carbocycles. The van der Waals surface area contributed by atoms with Crippen molar-refractivity contribution in [2.24, 2.45) is 0 Å². The van der Waals surface area contributed by atoms with Gasteiger partial charge in [-0.3, -0.25) is 0 Å². The first-order valence-corrected chi connectivity index (χ1v) is 9.58. The fourth-order valence-electron chi connectivity index (χ4n) is 3.47. The van der Waals surface area contributed by atoms with Crippen LogP contribution >= 0.6 is 0 Å². The number of aliphatic hydroxyl groups excluding tert-OH is 1. The molecule has 6 heteroatoms. The van der Waals surface area contributed by atoms with Crippen LogP contribution in [0.25, 0.3) is 0 Å². The molecule has 1 aliphatic heterocycles. The Balaban J connectivity index is 1.50. The fourth-order valence-corrected chi connectivity index (χ4v) is 3.47. The summed E-state index contributed by atoms with van der Waals surface area (Å²) in [6.45, 7) is 1.90. The standard InChI is InChI=1S/C22H24N4O2/c23-19-21(26-13-5-2-6-14-26)24-15-25-22(19)28-18-11-9-17(10-12-18)20(27)16-7-3-1-4-8-16/h1,3-4,7-12,15,20,27H,2,5-6,13-14,23H2. The Kier molecular flexibility index (Phi) is 5.39. The minimum Gasteiger partial charge on any atom is -0.437 e. The van der Waals surface area contributed by atoms with Crippen molar-refractivity contribution in [1.29, 1.82) is 0 Å². The van der Waals surface area contributed by atoms with Gasteiger partial charge >= 0.3 is 0 Å². The van der Waals surface area contributed by atoms with Gasteiger partial charge in [0.05, 0.1) is 0 Å². The molecule has 0 saturated carbocycles. The van der Waals surface area contributed by atoms with Gasteiger partial charge in [0, 0.05) is 13.1 Å². The van der Waals surface area contributed by atoms with Gasteiger partial charge in [-0.25, -0.2) is 4.98 Å². The van der Waals surface area contributed by atoms with Crippen LogP contribution < -0.4 is 15.4 Å². The van der Waals surface area contributed by atoms with E-state index in [2.05, 4.69) is 14.9 Å². The molecule has 1 unspecified atom stereocenters. The topological polar surface area (TPSA) is 84.5 Å². The molecule has 2 heterocycles. The average molecular weight is 376 g/mol.